The van der Waals surface area contributed by atoms with Crippen LogP contribution in [-0.2, 0) is 20.7 Å². The second-order valence-corrected chi connectivity index (χ2v) is 6.16. The molecule has 1 saturated heterocycles. The zero-order valence-corrected chi connectivity index (χ0v) is 12.4. The van der Waals surface area contributed by atoms with Crippen molar-refractivity contribution in [2.45, 2.75) is 51.9 Å². The van der Waals surface area contributed by atoms with Crippen LogP contribution in [0.5, 0.6) is 0 Å². The van der Waals surface area contributed by atoms with Crippen molar-refractivity contribution in [3.05, 3.63) is 29.3 Å². The lowest BCUT2D eigenvalue weighted by atomic mass is 9.78. The Balaban J connectivity index is 1.91. The molecule has 0 spiro atoms. The molecule has 0 saturated carbocycles. The van der Waals surface area contributed by atoms with Crippen LogP contribution in [0.25, 0.3) is 0 Å². The first kappa shape index (κ1) is 13.6. The molecule has 106 valence electrons. The molecule has 0 bridgehead atoms. The van der Waals surface area contributed by atoms with E-state index in [9.17, 15) is 4.79 Å². The maximum Gasteiger partial charge on any atom is 0.494 e. The van der Waals surface area contributed by atoms with Crippen molar-refractivity contribution in [3.63, 3.8) is 0 Å². The minimum absolute atomic E-state index is 0.251. The number of ether oxygens (including phenoxy) is 1. The van der Waals surface area contributed by atoms with Gasteiger partial charge in [0.15, 0.2) is 0 Å². The van der Waals surface area contributed by atoms with E-state index in [2.05, 4.69) is 27.7 Å². The molecule has 2 heterocycles. The third kappa shape index (κ3) is 1.88. The number of carbonyl (C=O) groups excluding carboxylic acids is 1. The number of cyclic esters (lactones) is 1. The molecular formula is C15H19BO4. The molecule has 1 aromatic rings. The highest BCUT2D eigenvalue weighted by Gasteiger charge is 2.53. The van der Waals surface area contributed by atoms with Crippen LogP contribution < -0.4 is 5.46 Å². The van der Waals surface area contributed by atoms with Gasteiger partial charge in [-0.1, -0.05) is 19.1 Å². The minimum Gasteiger partial charge on any atom is -0.457 e. The second kappa shape index (κ2) is 4.33. The molecule has 0 aromatic heterocycles. The number of fused-ring (bicyclic) bond motifs is 1. The summed E-state index contributed by atoms with van der Waals surface area (Å²) in [5.41, 5.74) is 1.82. The van der Waals surface area contributed by atoms with Crippen LogP contribution in [0.1, 0.15) is 50.0 Å². The number of carbonyl (C=O) groups is 1. The predicted molar refractivity (Wildman–Crippen MR) is 75.9 cm³/mol. The summed E-state index contributed by atoms with van der Waals surface area (Å²) >= 11 is 0. The van der Waals surface area contributed by atoms with Gasteiger partial charge in [-0.05, 0) is 38.7 Å². The highest BCUT2D eigenvalue weighted by Crippen LogP contribution is 2.39. The van der Waals surface area contributed by atoms with Crippen molar-refractivity contribution in [1.29, 1.82) is 0 Å². The van der Waals surface area contributed by atoms with Gasteiger partial charge in [0.2, 0.25) is 0 Å². The molecule has 4 nitrogen and oxygen atoms in total. The third-order valence-electron chi connectivity index (χ3n) is 4.70. The molecule has 5 heteroatoms. The number of hydrogen-bond acceptors (Lipinski definition) is 4. The highest BCUT2D eigenvalue weighted by molar-refractivity contribution is 6.62. The summed E-state index contributed by atoms with van der Waals surface area (Å²) in [6.07, 6.45) is 0.878. The molecule has 1 atom stereocenters. The van der Waals surface area contributed by atoms with Gasteiger partial charge in [-0.15, -0.1) is 0 Å². The van der Waals surface area contributed by atoms with Crippen LogP contribution in [-0.4, -0.2) is 24.3 Å². The van der Waals surface area contributed by atoms with Crippen molar-refractivity contribution in [2.24, 2.45) is 0 Å². The Morgan fingerprint density at radius 3 is 2.65 bits per heavy atom. The molecule has 0 amide bonds. The Bertz CT molecular complexity index is 569. The predicted octanol–water partition coefficient (Wildman–Crippen LogP) is 2.05. The first-order chi connectivity index (χ1) is 9.36. The maximum atomic E-state index is 11.5. The summed E-state index contributed by atoms with van der Waals surface area (Å²) in [6.45, 7) is 8.62. The molecule has 0 aliphatic carbocycles. The fourth-order valence-corrected chi connectivity index (χ4v) is 2.74. The van der Waals surface area contributed by atoms with Crippen LogP contribution in [0, 0.1) is 0 Å². The van der Waals surface area contributed by atoms with Crippen molar-refractivity contribution in [1.82, 2.24) is 0 Å². The number of esters is 1. The summed E-state index contributed by atoms with van der Waals surface area (Å²) in [4.78, 5) is 11.5. The van der Waals surface area contributed by atoms with E-state index >= 15 is 0 Å². The lowest BCUT2D eigenvalue weighted by Crippen LogP contribution is -2.44. The van der Waals surface area contributed by atoms with Gasteiger partial charge in [-0.3, -0.25) is 0 Å². The summed E-state index contributed by atoms with van der Waals surface area (Å²) in [6, 6.07) is 5.62. The average Bonchev–Trinajstić information content (AvgIpc) is 2.89. The lowest BCUT2D eigenvalue weighted by Gasteiger charge is -2.35. The summed E-state index contributed by atoms with van der Waals surface area (Å²) < 4.78 is 17.2. The Hall–Kier alpha value is -1.33. The topological polar surface area (TPSA) is 44.8 Å². The number of rotatable bonds is 2. The summed E-state index contributed by atoms with van der Waals surface area (Å²) in [5, 5.41) is 0. The zero-order chi connectivity index (χ0) is 14.5. The molecule has 1 aromatic carbocycles. The highest BCUT2D eigenvalue weighted by atomic mass is 16.7. The molecular weight excluding hydrogens is 255 g/mol. The molecule has 2 aliphatic heterocycles. The SMILES string of the molecule is CCC1(C)OB(c2ccc3c(c2)COC3=O)OC1(C)C. The van der Waals surface area contributed by atoms with Gasteiger partial charge in [-0.2, -0.15) is 0 Å². The lowest BCUT2D eigenvalue weighted by molar-refractivity contribution is -0.0118. The molecule has 1 unspecified atom stereocenters. The van der Waals surface area contributed by atoms with Crippen LogP contribution in [0.4, 0.5) is 0 Å². The van der Waals surface area contributed by atoms with Gasteiger partial charge in [0, 0.05) is 5.56 Å². The van der Waals surface area contributed by atoms with Gasteiger partial charge >= 0.3 is 13.1 Å². The van der Waals surface area contributed by atoms with Crippen LogP contribution in [0.15, 0.2) is 18.2 Å². The van der Waals surface area contributed by atoms with Crippen molar-refractivity contribution in [3.8, 4) is 0 Å². The first-order valence-corrected chi connectivity index (χ1v) is 7.02. The van der Waals surface area contributed by atoms with Gasteiger partial charge < -0.3 is 14.0 Å². The van der Waals surface area contributed by atoms with Crippen LogP contribution in [0.2, 0.25) is 0 Å². The normalized spacial score (nSPS) is 27.6. The van der Waals surface area contributed by atoms with E-state index in [0.717, 1.165) is 17.4 Å². The van der Waals surface area contributed by atoms with E-state index in [1.165, 1.54) is 0 Å². The molecule has 0 radical (unpaired) electrons. The second-order valence-electron chi connectivity index (χ2n) is 6.16. The van der Waals surface area contributed by atoms with Crippen molar-refractivity contribution < 1.29 is 18.8 Å². The van der Waals surface area contributed by atoms with Crippen molar-refractivity contribution >= 4 is 18.6 Å². The fourth-order valence-electron chi connectivity index (χ4n) is 2.74. The minimum atomic E-state index is -0.393. The molecule has 2 aliphatic rings. The van der Waals surface area contributed by atoms with Crippen LogP contribution >= 0.6 is 0 Å². The van der Waals surface area contributed by atoms with Gasteiger partial charge in [0.25, 0.3) is 0 Å². The number of hydrogen-bond donors (Lipinski definition) is 0. The van der Waals surface area contributed by atoms with E-state index in [-0.39, 0.29) is 17.2 Å². The monoisotopic (exact) mass is 274 g/mol. The van der Waals surface area contributed by atoms with Crippen LogP contribution in [0.3, 0.4) is 0 Å². The summed E-state index contributed by atoms with van der Waals surface area (Å²) in [5.74, 6) is -0.251. The maximum absolute atomic E-state index is 11.5. The largest absolute Gasteiger partial charge is 0.494 e. The van der Waals surface area contributed by atoms with Gasteiger partial charge in [0.1, 0.15) is 6.61 Å². The van der Waals surface area contributed by atoms with E-state index in [1.807, 2.05) is 12.1 Å². The fraction of sp³-hybridized carbons (Fsp3) is 0.533. The van der Waals surface area contributed by atoms with Gasteiger partial charge in [-0.25, -0.2) is 4.79 Å². The standard InChI is InChI=1S/C15H19BO4/c1-5-15(4)14(2,3)19-16(20-15)11-6-7-12-10(8-11)9-18-13(12)17/h6-8H,5,9H2,1-4H3. The third-order valence-corrected chi connectivity index (χ3v) is 4.70. The molecule has 1 fully saturated rings. The van der Waals surface area contributed by atoms with E-state index in [4.69, 9.17) is 14.0 Å². The Morgan fingerprint density at radius 1 is 1.25 bits per heavy atom. The average molecular weight is 274 g/mol. The quantitative estimate of drug-likeness (QED) is 0.611. The molecule has 0 N–H and O–H groups in total. The van der Waals surface area contributed by atoms with E-state index < -0.39 is 7.12 Å². The Labute approximate surface area is 119 Å². The molecule has 20 heavy (non-hydrogen) atoms. The summed E-state index contributed by atoms with van der Waals surface area (Å²) in [7, 11) is -0.393. The molecule has 3 rings (SSSR count). The zero-order valence-electron chi connectivity index (χ0n) is 12.4. The Kier molecular flexibility index (Phi) is 2.96. The van der Waals surface area contributed by atoms with Gasteiger partial charge in [0.05, 0.1) is 16.8 Å². The Morgan fingerprint density at radius 2 is 2.00 bits per heavy atom. The number of benzene rings is 1. The van der Waals surface area contributed by atoms with E-state index in [1.54, 1.807) is 6.07 Å². The van der Waals surface area contributed by atoms with Crippen molar-refractivity contribution in [2.75, 3.05) is 0 Å². The smallest absolute Gasteiger partial charge is 0.457 e. The first-order valence-electron chi connectivity index (χ1n) is 7.02. The van der Waals surface area contributed by atoms with E-state index in [0.29, 0.717) is 12.2 Å².